The molecule has 0 atom stereocenters. The molecule has 0 N–H and O–H groups in total. The Morgan fingerprint density at radius 1 is 1.36 bits per heavy atom. The summed E-state index contributed by atoms with van der Waals surface area (Å²) in [5.74, 6) is 0. The van der Waals surface area contributed by atoms with Gasteiger partial charge in [0.2, 0.25) is 0 Å². The number of unbranched alkanes of at least 4 members (excludes halogenated alkanes) is 1. The van der Waals surface area contributed by atoms with Gasteiger partial charge in [0.1, 0.15) is 0 Å². The van der Waals surface area contributed by atoms with E-state index in [1.54, 1.807) is 0 Å². The molecule has 0 saturated heterocycles. The second-order valence-corrected chi connectivity index (χ2v) is 3.57. The van der Waals surface area contributed by atoms with Gasteiger partial charge in [0.25, 0.3) is 0 Å². The van der Waals surface area contributed by atoms with Crippen LogP contribution in [0, 0.1) is 6.92 Å². The zero-order valence-electron chi connectivity index (χ0n) is 9.14. The maximum atomic E-state index is 3.77. The third-order valence-corrected chi connectivity index (χ3v) is 2.46. The van der Waals surface area contributed by atoms with Crippen LogP contribution in [0.2, 0.25) is 0 Å². The molecular weight excluding hydrogens is 168 g/mol. The Balaban J connectivity index is 2.91. The maximum absolute atomic E-state index is 3.77. The van der Waals surface area contributed by atoms with E-state index < -0.39 is 0 Å². The van der Waals surface area contributed by atoms with E-state index in [1.165, 1.54) is 29.5 Å². The number of hydrogen-bond acceptors (Lipinski definition) is 0. The van der Waals surface area contributed by atoms with Crippen molar-refractivity contribution < 1.29 is 0 Å². The van der Waals surface area contributed by atoms with Crippen molar-refractivity contribution in [1.82, 2.24) is 0 Å². The first-order valence-corrected chi connectivity index (χ1v) is 5.24. The summed E-state index contributed by atoms with van der Waals surface area (Å²) in [7, 11) is 0. The molecule has 0 heteroatoms. The zero-order valence-corrected chi connectivity index (χ0v) is 9.14. The lowest BCUT2D eigenvalue weighted by Crippen LogP contribution is -1.87. The quantitative estimate of drug-likeness (QED) is 0.613. The van der Waals surface area contributed by atoms with E-state index in [0.717, 1.165) is 6.42 Å². The van der Waals surface area contributed by atoms with Crippen LogP contribution in [0.5, 0.6) is 0 Å². The zero-order chi connectivity index (χ0) is 10.4. The van der Waals surface area contributed by atoms with Gasteiger partial charge in [0.15, 0.2) is 0 Å². The van der Waals surface area contributed by atoms with E-state index in [0.29, 0.717) is 0 Å². The van der Waals surface area contributed by atoms with E-state index in [1.807, 2.05) is 0 Å². The highest BCUT2D eigenvalue weighted by Gasteiger charge is 2.02. The summed E-state index contributed by atoms with van der Waals surface area (Å²) < 4.78 is 0. The monoisotopic (exact) mass is 186 g/mol. The maximum Gasteiger partial charge on any atom is 0.000846 e. The minimum atomic E-state index is 1.09. The van der Waals surface area contributed by atoms with E-state index in [4.69, 9.17) is 0 Å². The van der Waals surface area contributed by atoms with Crippen molar-refractivity contribution in [3.05, 3.63) is 47.7 Å². The van der Waals surface area contributed by atoms with Gasteiger partial charge in [-0.25, -0.2) is 0 Å². The predicted octanol–water partition coefficient (Wildman–Crippen LogP) is 4.35. The molecule has 0 aliphatic rings. The highest BCUT2D eigenvalue weighted by atomic mass is 14.1. The smallest absolute Gasteiger partial charge is 0.000846 e. The van der Waals surface area contributed by atoms with Gasteiger partial charge in [-0.15, -0.1) is 5.73 Å². The molecule has 0 unspecified atom stereocenters. The van der Waals surface area contributed by atoms with Crippen LogP contribution in [0.3, 0.4) is 0 Å². The van der Waals surface area contributed by atoms with Crippen LogP contribution in [0.25, 0.3) is 5.57 Å². The van der Waals surface area contributed by atoms with Gasteiger partial charge in [-0.3, -0.25) is 0 Å². The molecule has 14 heavy (non-hydrogen) atoms. The number of benzene rings is 1. The van der Waals surface area contributed by atoms with Crippen LogP contribution < -0.4 is 0 Å². The van der Waals surface area contributed by atoms with Crippen molar-refractivity contribution >= 4 is 5.57 Å². The number of aryl methyl sites for hydroxylation is 1. The van der Waals surface area contributed by atoms with E-state index in [2.05, 4.69) is 50.4 Å². The molecule has 0 bridgehead atoms. The molecule has 0 aliphatic heterocycles. The molecular formula is C14H18. The Labute approximate surface area is 87.0 Å². The first-order chi connectivity index (χ1) is 6.79. The molecule has 0 aromatic heterocycles. The van der Waals surface area contributed by atoms with Crippen molar-refractivity contribution in [2.45, 2.75) is 33.1 Å². The summed E-state index contributed by atoms with van der Waals surface area (Å²) in [6.45, 7) is 8.11. The number of rotatable bonds is 4. The highest BCUT2D eigenvalue weighted by Crippen LogP contribution is 2.22. The lowest BCUT2D eigenvalue weighted by Gasteiger charge is -2.07. The summed E-state index contributed by atoms with van der Waals surface area (Å²) in [6.07, 6.45) is 3.52. The van der Waals surface area contributed by atoms with Crippen LogP contribution in [-0.4, -0.2) is 0 Å². The number of hydrogen-bond donors (Lipinski definition) is 0. The van der Waals surface area contributed by atoms with E-state index in [9.17, 15) is 0 Å². The molecule has 0 aliphatic carbocycles. The minimum Gasteiger partial charge on any atom is -0.125 e. The van der Waals surface area contributed by atoms with Crippen LogP contribution in [0.15, 0.2) is 36.6 Å². The predicted molar refractivity (Wildman–Crippen MR) is 63.3 cm³/mol. The van der Waals surface area contributed by atoms with Crippen LogP contribution in [0.1, 0.15) is 37.3 Å². The summed E-state index contributed by atoms with van der Waals surface area (Å²) >= 11 is 0. The second kappa shape index (κ2) is 5.47. The molecule has 0 heterocycles. The fourth-order valence-electron chi connectivity index (χ4n) is 1.58. The van der Waals surface area contributed by atoms with Gasteiger partial charge in [0, 0.05) is 5.57 Å². The normalized spacial score (nSPS) is 9.57. The van der Waals surface area contributed by atoms with Gasteiger partial charge in [0.05, 0.1) is 0 Å². The summed E-state index contributed by atoms with van der Waals surface area (Å²) in [4.78, 5) is 0. The average molecular weight is 186 g/mol. The molecule has 0 radical (unpaired) electrons. The lowest BCUT2D eigenvalue weighted by atomic mass is 9.97. The summed E-state index contributed by atoms with van der Waals surface area (Å²) in [6, 6.07) is 8.43. The Hall–Kier alpha value is -1.26. The molecule has 74 valence electrons. The van der Waals surface area contributed by atoms with Gasteiger partial charge in [-0.2, -0.15) is 0 Å². The van der Waals surface area contributed by atoms with Crippen LogP contribution in [0.4, 0.5) is 0 Å². The van der Waals surface area contributed by atoms with Crippen molar-refractivity contribution in [2.75, 3.05) is 0 Å². The third-order valence-electron chi connectivity index (χ3n) is 2.46. The van der Waals surface area contributed by atoms with Crippen LogP contribution >= 0.6 is 0 Å². The van der Waals surface area contributed by atoms with E-state index in [-0.39, 0.29) is 0 Å². The van der Waals surface area contributed by atoms with Gasteiger partial charge >= 0.3 is 0 Å². The van der Waals surface area contributed by atoms with Crippen molar-refractivity contribution in [2.24, 2.45) is 0 Å². The Morgan fingerprint density at radius 3 is 2.64 bits per heavy atom. The highest BCUT2D eigenvalue weighted by molar-refractivity contribution is 5.67. The van der Waals surface area contributed by atoms with Crippen molar-refractivity contribution in [3.8, 4) is 0 Å². The number of allylic oxidation sites excluding steroid dienone is 1. The molecule has 0 fully saturated rings. The van der Waals surface area contributed by atoms with Crippen molar-refractivity contribution in [3.63, 3.8) is 0 Å². The molecule has 0 amide bonds. The average Bonchev–Trinajstić information content (AvgIpc) is 2.21. The fraction of sp³-hybridized carbons (Fsp3) is 0.357. The molecule has 1 aromatic carbocycles. The molecule has 0 spiro atoms. The van der Waals surface area contributed by atoms with Crippen LogP contribution in [-0.2, 0) is 0 Å². The van der Waals surface area contributed by atoms with Crippen molar-refractivity contribution in [1.29, 1.82) is 0 Å². The first kappa shape index (κ1) is 10.8. The van der Waals surface area contributed by atoms with E-state index >= 15 is 0 Å². The largest absolute Gasteiger partial charge is 0.125 e. The Morgan fingerprint density at radius 2 is 2.07 bits per heavy atom. The fourth-order valence-corrected chi connectivity index (χ4v) is 1.58. The second-order valence-electron chi connectivity index (χ2n) is 3.57. The summed E-state index contributed by atoms with van der Waals surface area (Å²) in [5.41, 5.74) is 6.93. The van der Waals surface area contributed by atoms with Gasteiger partial charge in [-0.1, -0.05) is 44.2 Å². The third kappa shape index (κ3) is 2.61. The SMILES string of the molecule is C=C=C(CCCC)c1ccccc1C. The Kier molecular flexibility index (Phi) is 4.22. The standard InChI is InChI=1S/C14H18/c1-4-6-10-13(5-2)14-11-8-7-9-12(14)3/h7-9,11H,2,4,6,10H2,1,3H3. The molecule has 0 nitrogen and oxygen atoms in total. The first-order valence-electron chi connectivity index (χ1n) is 5.24. The molecule has 1 aromatic rings. The summed E-state index contributed by atoms with van der Waals surface area (Å²) in [5, 5.41) is 0. The van der Waals surface area contributed by atoms with Gasteiger partial charge < -0.3 is 0 Å². The minimum absolute atomic E-state index is 1.09. The Bertz CT molecular complexity index is 341. The lowest BCUT2D eigenvalue weighted by molar-refractivity contribution is 0.824. The molecule has 1 rings (SSSR count). The topological polar surface area (TPSA) is 0 Å². The van der Waals surface area contributed by atoms with Gasteiger partial charge in [-0.05, 0) is 30.9 Å². The molecule has 0 saturated carbocycles.